The van der Waals surface area contributed by atoms with Gasteiger partial charge in [-0.2, -0.15) is 0 Å². The molecule has 2 heterocycles. The monoisotopic (exact) mass is 481 g/mol. The smallest absolute Gasteiger partial charge is 0.330 e. The van der Waals surface area contributed by atoms with E-state index in [1.54, 1.807) is 12.1 Å². The highest BCUT2D eigenvalue weighted by atomic mass is 35.5. The lowest BCUT2D eigenvalue weighted by Gasteiger charge is -2.24. The first-order valence-electron chi connectivity index (χ1n) is 9.97. The van der Waals surface area contributed by atoms with Gasteiger partial charge in [-0.05, 0) is 31.0 Å². The van der Waals surface area contributed by atoms with Crippen LogP contribution in [0.25, 0.3) is 10.2 Å². The number of amides is 1. The molecule has 0 bridgehead atoms. The third kappa shape index (κ3) is 5.31. The molecule has 3 rings (SSSR count). The summed E-state index contributed by atoms with van der Waals surface area (Å²) in [6, 6.07) is 5.48. The number of hydrogen-bond acceptors (Lipinski definition) is 7. The molecule has 0 aliphatic heterocycles. The molecule has 31 heavy (non-hydrogen) atoms. The zero-order chi connectivity index (χ0) is 22.5. The average molecular weight is 482 g/mol. The number of aromatic nitrogens is 3. The number of H-pyrrole nitrogens is 1. The zero-order valence-corrected chi connectivity index (χ0v) is 19.7. The number of thioether (sulfide) groups is 1. The number of nitrogens with zero attached hydrogens (tertiary/aromatic N) is 3. The standard InChI is InChI=1S/C20H24ClN5O3S2/c1-3-5-9-25(16-17(22)26(8-4-2)19(29)24-18(16)28)15(27)11-30-20-23-13-10-12(21)6-7-14(13)31-20/h6-7,10H,3-5,8-9,11,22H2,1-2H3,(H,24,28,29). The van der Waals surface area contributed by atoms with Crippen molar-refractivity contribution in [2.24, 2.45) is 0 Å². The first kappa shape index (κ1) is 23.4. The number of carbonyl (C=O) groups excluding carboxylic acids is 1. The SMILES string of the molecule is CCCCN(C(=O)CSc1nc2cc(Cl)ccc2s1)c1c(N)n(CCC)c(=O)[nH]c1=O. The zero-order valence-electron chi connectivity index (χ0n) is 17.3. The molecule has 0 unspecified atom stereocenters. The molecule has 166 valence electrons. The second-order valence-corrected chi connectivity index (χ2v) is 9.61. The predicted molar refractivity (Wildman–Crippen MR) is 129 cm³/mol. The molecule has 8 nitrogen and oxygen atoms in total. The molecule has 0 spiro atoms. The number of nitrogens with two attached hydrogens (primary N) is 1. The molecule has 0 saturated carbocycles. The summed E-state index contributed by atoms with van der Waals surface area (Å²) in [5.74, 6) is -0.169. The van der Waals surface area contributed by atoms with Crippen molar-refractivity contribution in [3.05, 3.63) is 44.1 Å². The largest absolute Gasteiger partial charge is 0.383 e. The van der Waals surface area contributed by atoms with Gasteiger partial charge in [-0.3, -0.25) is 19.1 Å². The molecule has 0 saturated heterocycles. The van der Waals surface area contributed by atoms with Gasteiger partial charge in [0, 0.05) is 18.1 Å². The number of unbranched alkanes of at least 4 members (excludes halogenated alkanes) is 1. The summed E-state index contributed by atoms with van der Waals surface area (Å²) >= 11 is 8.79. The molecule has 0 fully saturated rings. The van der Waals surface area contributed by atoms with Crippen molar-refractivity contribution in [1.29, 1.82) is 0 Å². The fourth-order valence-electron chi connectivity index (χ4n) is 3.10. The number of fused-ring (bicyclic) bond motifs is 1. The molecule has 3 aromatic rings. The van der Waals surface area contributed by atoms with Crippen LogP contribution in [0, 0.1) is 0 Å². The van der Waals surface area contributed by atoms with Crippen molar-refractivity contribution in [3.8, 4) is 0 Å². The number of anilines is 2. The van der Waals surface area contributed by atoms with E-state index in [0.29, 0.717) is 31.0 Å². The van der Waals surface area contributed by atoms with Crippen LogP contribution in [-0.2, 0) is 11.3 Å². The van der Waals surface area contributed by atoms with Crippen molar-refractivity contribution >= 4 is 62.3 Å². The van der Waals surface area contributed by atoms with E-state index >= 15 is 0 Å². The van der Waals surface area contributed by atoms with Crippen LogP contribution in [-0.4, -0.2) is 32.7 Å². The molecule has 0 aliphatic carbocycles. The average Bonchev–Trinajstić information content (AvgIpc) is 3.13. The fraction of sp³-hybridized carbons (Fsp3) is 0.400. The van der Waals surface area contributed by atoms with Gasteiger partial charge in [0.05, 0.1) is 16.0 Å². The summed E-state index contributed by atoms with van der Waals surface area (Å²) in [5, 5.41) is 0.605. The van der Waals surface area contributed by atoms with Crippen molar-refractivity contribution < 1.29 is 4.79 Å². The van der Waals surface area contributed by atoms with Crippen LogP contribution in [0.15, 0.2) is 32.1 Å². The van der Waals surface area contributed by atoms with Crippen LogP contribution in [0.4, 0.5) is 11.5 Å². The number of nitrogens with one attached hydrogen (secondary N) is 1. The summed E-state index contributed by atoms with van der Waals surface area (Å²) in [7, 11) is 0. The van der Waals surface area contributed by atoms with Gasteiger partial charge in [0.15, 0.2) is 10.0 Å². The minimum atomic E-state index is -0.654. The first-order chi connectivity index (χ1) is 14.8. The lowest BCUT2D eigenvalue weighted by Crippen LogP contribution is -2.42. The topological polar surface area (TPSA) is 114 Å². The van der Waals surface area contributed by atoms with E-state index in [4.69, 9.17) is 17.3 Å². The molecule has 0 aliphatic rings. The van der Waals surface area contributed by atoms with E-state index in [1.165, 1.54) is 32.6 Å². The first-order valence-corrected chi connectivity index (χ1v) is 12.2. The Labute approximate surface area is 192 Å². The lowest BCUT2D eigenvalue weighted by molar-refractivity contribution is -0.116. The van der Waals surface area contributed by atoms with Gasteiger partial charge in [0.25, 0.3) is 5.56 Å². The number of aromatic amines is 1. The Balaban J connectivity index is 1.88. The van der Waals surface area contributed by atoms with E-state index in [1.807, 2.05) is 19.9 Å². The summed E-state index contributed by atoms with van der Waals surface area (Å²) < 4.78 is 3.02. The lowest BCUT2D eigenvalue weighted by atomic mass is 10.2. The summed E-state index contributed by atoms with van der Waals surface area (Å²) in [6.45, 7) is 4.59. The highest BCUT2D eigenvalue weighted by Crippen LogP contribution is 2.31. The normalized spacial score (nSPS) is 11.2. The van der Waals surface area contributed by atoms with Crippen molar-refractivity contribution in [1.82, 2.24) is 14.5 Å². The summed E-state index contributed by atoms with van der Waals surface area (Å²) in [5.41, 5.74) is 5.76. The number of halogens is 1. The van der Waals surface area contributed by atoms with Crippen LogP contribution in [0.1, 0.15) is 33.1 Å². The third-order valence-electron chi connectivity index (χ3n) is 4.62. The number of carbonyl (C=O) groups is 1. The maximum Gasteiger partial charge on any atom is 0.330 e. The Morgan fingerprint density at radius 3 is 2.81 bits per heavy atom. The molecule has 2 aromatic heterocycles. The van der Waals surface area contributed by atoms with Crippen molar-refractivity contribution in [2.45, 2.75) is 44.0 Å². The van der Waals surface area contributed by atoms with E-state index in [-0.39, 0.29) is 23.2 Å². The number of hydrogen-bond donors (Lipinski definition) is 2. The molecule has 3 N–H and O–H groups in total. The Bertz CT molecular complexity index is 1200. The Morgan fingerprint density at radius 2 is 2.10 bits per heavy atom. The number of nitrogen functional groups attached to an aromatic ring is 1. The second-order valence-electron chi connectivity index (χ2n) is 6.92. The predicted octanol–water partition coefficient (Wildman–Crippen LogP) is 3.72. The Morgan fingerprint density at radius 1 is 1.32 bits per heavy atom. The van der Waals surface area contributed by atoms with E-state index in [9.17, 15) is 14.4 Å². The minimum Gasteiger partial charge on any atom is -0.383 e. The minimum absolute atomic E-state index is 0.0136. The molecular formula is C20H24ClN5O3S2. The van der Waals surface area contributed by atoms with Crippen LogP contribution in [0.2, 0.25) is 5.02 Å². The van der Waals surface area contributed by atoms with Crippen LogP contribution in [0.5, 0.6) is 0 Å². The van der Waals surface area contributed by atoms with Gasteiger partial charge in [-0.25, -0.2) is 9.78 Å². The van der Waals surface area contributed by atoms with E-state index < -0.39 is 11.2 Å². The second kappa shape index (κ2) is 10.3. The quantitative estimate of drug-likeness (QED) is 0.450. The van der Waals surface area contributed by atoms with Gasteiger partial charge in [-0.1, -0.05) is 43.6 Å². The summed E-state index contributed by atoms with van der Waals surface area (Å²) in [4.78, 5) is 46.0. The molecule has 1 amide bonds. The third-order valence-corrected chi connectivity index (χ3v) is 7.02. The van der Waals surface area contributed by atoms with Crippen LogP contribution >= 0.6 is 34.7 Å². The maximum absolute atomic E-state index is 13.1. The highest BCUT2D eigenvalue weighted by molar-refractivity contribution is 8.01. The van der Waals surface area contributed by atoms with Gasteiger partial charge in [0.1, 0.15) is 5.82 Å². The molecular weight excluding hydrogens is 458 g/mol. The van der Waals surface area contributed by atoms with E-state index in [2.05, 4.69) is 9.97 Å². The van der Waals surface area contributed by atoms with Gasteiger partial charge < -0.3 is 10.6 Å². The van der Waals surface area contributed by atoms with Crippen LogP contribution in [0.3, 0.4) is 0 Å². The van der Waals surface area contributed by atoms with Gasteiger partial charge >= 0.3 is 5.69 Å². The molecule has 1 aromatic carbocycles. The molecule has 11 heteroatoms. The highest BCUT2D eigenvalue weighted by Gasteiger charge is 2.24. The van der Waals surface area contributed by atoms with Crippen molar-refractivity contribution in [3.63, 3.8) is 0 Å². The van der Waals surface area contributed by atoms with Gasteiger partial charge in [-0.15, -0.1) is 11.3 Å². The fourth-order valence-corrected chi connectivity index (χ4v) is 5.19. The Hall–Kier alpha value is -2.30. The number of rotatable bonds is 9. The number of thiazole rings is 1. The maximum atomic E-state index is 13.1. The Kier molecular flexibility index (Phi) is 7.79. The van der Waals surface area contributed by atoms with Crippen LogP contribution < -0.4 is 21.9 Å². The van der Waals surface area contributed by atoms with Gasteiger partial charge in [0.2, 0.25) is 5.91 Å². The molecule has 0 radical (unpaired) electrons. The van der Waals surface area contributed by atoms with E-state index in [0.717, 1.165) is 21.0 Å². The summed E-state index contributed by atoms with van der Waals surface area (Å²) in [6.07, 6.45) is 2.19. The van der Waals surface area contributed by atoms with Crippen molar-refractivity contribution in [2.75, 3.05) is 22.9 Å². The molecule has 0 atom stereocenters. The number of benzene rings is 1.